The van der Waals surface area contributed by atoms with Crippen LogP contribution in [0, 0.1) is 0 Å². The highest BCUT2D eigenvalue weighted by Gasteiger charge is 2.34. The molecule has 0 unspecified atom stereocenters. The Labute approximate surface area is 163 Å². The fraction of sp³-hybridized carbons (Fsp3) is 0.526. The van der Waals surface area contributed by atoms with Gasteiger partial charge < -0.3 is 9.47 Å². The Balaban J connectivity index is 1.47. The summed E-state index contributed by atoms with van der Waals surface area (Å²) in [5.41, 5.74) is 0. The van der Waals surface area contributed by atoms with Crippen LogP contribution in [-0.2, 0) is 17.8 Å². The van der Waals surface area contributed by atoms with Gasteiger partial charge in [-0.1, -0.05) is 30.2 Å². The molecule has 2 aromatic rings. The Morgan fingerprint density at radius 3 is 2.92 bits per heavy atom. The van der Waals surface area contributed by atoms with E-state index in [0.29, 0.717) is 10.8 Å². The number of fused-ring (bicyclic) bond motifs is 1. The number of hydrogen-bond acceptors (Lipinski definition) is 4. The lowest BCUT2D eigenvalue weighted by Gasteiger charge is -2.24. The molecule has 4 rings (SSSR count). The molecule has 1 saturated heterocycles. The second-order valence-corrected chi connectivity index (χ2v) is 8.33. The molecular weight excluding hydrogens is 368 g/mol. The predicted octanol–water partition coefficient (Wildman–Crippen LogP) is 4.11. The summed E-state index contributed by atoms with van der Waals surface area (Å²) in [5.74, 6) is 2.63. The summed E-state index contributed by atoms with van der Waals surface area (Å²) >= 11 is 7.71. The zero-order valence-electron chi connectivity index (χ0n) is 14.7. The van der Waals surface area contributed by atoms with Gasteiger partial charge in [-0.2, -0.15) is 0 Å². The normalized spacial score (nSPS) is 20.0. The molecule has 138 valence electrons. The fourth-order valence-electron chi connectivity index (χ4n) is 3.87. The second-order valence-electron chi connectivity index (χ2n) is 6.90. The third-order valence-electron chi connectivity index (χ3n) is 5.20. The zero-order valence-corrected chi connectivity index (χ0v) is 16.3. The summed E-state index contributed by atoms with van der Waals surface area (Å²) in [6, 6.07) is 7.73. The van der Waals surface area contributed by atoms with Crippen molar-refractivity contribution in [2.45, 2.75) is 56.0 Å². The first kappa shape index (κ1) is 17.9. The summed E-state index contributed by atoms with van der Waals surface area (Å²) in [6.07, 6.45) is 6.58. The van der Waals surface area contributed by atoms with Crippen LogP contribution < -0.4 is 0 Å². The number of thioether (sulfide) groups is 1. The maximum Gasteiger partial charge on any atom is 0.233 e. The van der Waals surface area contributed by atoms with Crippen molar-refractivity contribution in [3.05, 3.63) is 40.9 Å². The van der Waals surface area contributed by atoms with Crippen molar-refractivity contribution in [1.29, 1.82) is 0 Å². The number of halogens is 1. The van der Waals surface area contributed by atoms with Crippen molar-refractivity contribution >= 4 is 29.3 Å². The van der Waals surface area contributed by atoms with Gasteiger partial charge in [0.05, 0.1) is 16.8 Å². The van der Waals surface area contributed by atoms with Crippen LogP contribution in [0.5, 0.6) is 0 Å². The quantitative estimate of drug-likeness (QED) is 0.737. The van der Waals surface area contributed by atoms with Gasteiger partial charge in [0, 0.05) is 24.4 Å². The maximum atomic E-state index is 12.9. The number of carbonyl (C=O) groups excluding carboxylic acids is 1. The van der Waals surface area contributed by atoms with Crippen LogP contribution in [-0.4, -0.2) is 37.9 Å². The van der Waals surface area contributed by atoms with E-state index in [1.807, 2.05) is 29.2 Å². The number of aryl methyl sites for hydroxylation is 1. The van der Waals surface area contributed by atoms with Gasteiger partial charge in [-0.3, -0.25) is 4.79 Å². The molecule has 7 heteroatoms. The van der Waals surface area contributed by atoms with E-state index in [1.165, 1.54) is 31.0 Å². The van der Waals surface area contributed by atoms with Crippen molar-refractivity contribution < 1.29 is 4.79 Å². The number of benzene rings is 1. The molecular formula is C19H23ClN4OS. The number of nitrogens with zero attached hydrogens (tertiary/aromatic N) is 4. The van der Waals surface area contributed by atoms with Gasteiger partial charge >= 0.3 is 0 Å². The predicted molar refractivity (Wildman–Crippen MR) is 103 cm³/mol. The average Bonchev–Trinajstić information content (AvgIpc) is 3.21. The van der Waals surface area contributed by atoms with E-state index in [2.05, 4.69) is 14.8 Å². The number of rotatable bonds is 4. The van der Waals surface area contributed by atoms with Gasteiger partial charge in [-0.15, -0.1) is 22.0 Å². The Kier molecular flexibility index (Phi) is 5.50. The number of hydrogen-bond donors (Lipinski definition) is 0. The zero-order chi connectivity index (χ0) is 17.9. The van der Waals surface area contributed by atoms with Gasteiger partial charge in [0.25, 0.3) is 0 Å². The van der Waals surface area contributed by atoms with Crippen molar-refractivity contribution in [2.75, 3.05) is 12.3 Å². The molecule has 2 aliphatic rings. The van der Waals surface area contributed by atoms with Crippen LogP contribution >= 0.6 is 23.4 Å². The third-order valence-corrected chi connectivity index (χ3v) is 6.70. The van der Waals surface area contributed by atoms with Gasteiger partial charge in [0.1, 0.15) is 5.82 Å². The highest BCUT2D eigenvalue weighted by atomic mass is 35.5. The molecule has 1 fully saturated rings. The Morgan fingerprint density at radius 1 is 1.15 bits per heavy atom. The van der Waals surface area contributed by atoms with Crippen molar-refractivity contribution in [3.8, 4) is 0 Å². The number of likely N-dealkylation sites (tertiary alicyclic amines) is 1. The fourth-order valence-corrected chi connectivity index (χ4v) is 5.00. The maximum absolute atomic E-state index is 12.9. The van der Waals surface area contributed by atoms with Gasteiger partial charge in [-0.05, 0) is 37.8 Å². The van der Waals surface area contributed by atoms with Crippen LogP contribution in [0.15, 0.2) is 29.2 Å². The summed E-state index contributed by atoms with van der Waals surface area (Å²) in [7, 11) is 0. The van der Waals surface area contributed by atoms with E-state index in [-0.39, 0.29) is 11.9 Å². The third kappa shape index (κ3) is 3.62. The SMILES string of the molecule is O=C(CSc1ccccc1Cl)N1CCC[C@@H]1c1nnc2n1CCCCC2. The minimum Gasteiger partial charge on any atom is -0.332 e. The van der Waals surface area contributed by atoms with E-state index < -0.39 is 0 Å². The molecule has 0 radical (unpaired) electrons. The first-order valence-corrected chi connectivity index (χ1v) is 10.7. The summed E-state index contributed by atoms with van der Waals surface area (Å²) in [6.45, 7) is 1.78. The topological polar surface area (TPSA) is 51.0 Å². The second kappa shape index (κ2) is 8.01. The summed E-state index contributed by atoms with van der Waals surface area (Å²) in [5, 5.41) is 9.59. The number of carbonyl (C=O) groups is 1. The molecule has 26 heavy (non-hydrogen) atoms. The van der Waals surface area contributed by atoms with E-state index >= 15 is 0 Å². The van der Waals surface area contributed by atoms with Crippen LogP contribution in [0.4, 0.5) is 0 Å². The van der Waals surface area contributed by atoms with Crippen LogP contribution in [0.2, 0.25) is 5.02 Å². The molecule has 5 nitrogen and oxygen atoms in total. The van der Waals surface area contributed by atoms with E-state index in [9.17, 15) is 4.79 Å². The minimum absolute atomic E-state index is 0.0636. The Morgan fingerprint density at radius 2 is 2.04 bits per heavy atom. The van der Waals surface area contributed by atoms with E-state index in [0.717, 1.165) is 48.9 Å². The molecule has 0 saturated carbocycles. The lowest BCUT2D eigenvalue weighted by molar-refractivity contribution is -0.129. The highest BCUT2D eigenvalue weighted by molar-refractivity contribution is 8.00. The van der Waals surface area contributed by atoms with Crippen LogP contribution in [0.3, 0.4) is 0 Å². The molecule has 0 bridgehead atoms. The smallest absolute Gasteiger partial charge is 0.233 e. The van der Waals surface area contributed by atoms with E-state index in [4.69, 9.17) is 11.6 Å². The molecule has 0 spiro atoms. The molecule has 0 N–H and O–H groups in total. The van der Waals surface area contributed by atoms with E-state index in [1.54, 1.807) is 0 Å². The minimum atomic E-state index is 0.0636. The molecule has 0 aliphatic carbocycles. The molecule has 3 heterocycles. The first-order chi connectivity index (χ1) is 12.7. The number of aromatic nitrogens is 3. The van der Waals surface area contributed by atoms with Gasteiger partial charge in [0.15, 0.2) is 5.82 Å². The molecule has 1 atom stereocenters. The van der Waals surface area contributed by atoms with Gasteiger partial charge in [-0.25, -0.2) is 0 Å². The average molecular weight is 391 g/mol. The summed E-state index contributed by atoms with van der Waals surface area (Å²) in [4.78, 5) is 15.8. The lowest BCUT2D eigenvalue weighted by atomic mass is 10.2. The molecule has 1 amide bonds. The standard InChI is InChI=1S/C19H23ClN4OS/c20-14-7-3-4-9-16(14)26-13-18(25)23-12-6-8-15(23)19-22-21-17-10-2-1-5-11-24(17)19/h3-4,7,9,15H,1-2,5-6,8,10-13H2/t15-/m1/s1. The van der Waals surface area contributed by atoms with Crippen LogP contribution in [0.1, 0.15) is 49.8 Å². The van der Waals surface area contributed by atoms with Crippen molar-refractivity contribution in [1.82, 2.24) is 19.7 Å². The molecule has 2 aliphatic heterocycles. The van der Waals surface area contributed by atoms with Crippen molar-refractivity contribution in [2.24, 2.45) is 0 Å². The van der Waals surface area contributed by atoms with Gasteiger partial charge in [0.2, 0.25) is 5.91 Å². The first-order valence-electron chi connectivity index (χ1n) is 9.33. The van der Waals surface area contributed by atoms with Crippen LogP contribution in [0.25, 0.3) is 0 Å². The Hall–Kier alpha value is -1.53. The summed E-state index contributed by atoms with van der Waals surface area (Å²) < 4.78 is 2.27. The molecule has 1 aromatic heterocycles. The lowest BCUT2D eigenvalue weighted by Crippen LogP contribution is -2.33. The number of amides is 1. The highest BCUT2D eigenvalue weighted by Crippen LogP contribution is 2.34. The Bertz CT molecular complexity index is 794. The monoisotopic (exact) mass is 390 g/mol. The largest absolute Gasteiger partial charge is 0.332 e. The molecule has 1 aromatic carbocycles. The van der Waals surface area contributed by atoms with Crippen molar-refractivity contribution in [3.63, 3.8) is 0 Å².